The summed E-state index contributed by atoms with van der Waals surface area (Å²) in [5.41, 5.74) is 1.70. The van der Waals surface area contributed by atoms with Crippen molar-refractivity contribution >= 4 is 50.1 Å². The third kappa shape index (κ3) is 3.59. The van der Waals surface area contributed by atoms with E-state index in [0.717, 1.165) is 20.6 Å². The first kappa shape index (κ1) is 18.1. The molecule has 0 bridgehead atoms. The maximum atomic E-state index is 12.4. The number of hydrogen-bond acceptors (Lipinski definition) is 5. The molecule has 6 nitrogen and oxygen atoms in total. The van der Waals surface area contributed by atoms with Gasteiger partial charge < -0.3 is 5.32 Å². The van der Waals surface area contributed by atoms with Gasteiger partial charge in [0.2, 0.25) is 17.7 Å². The number of aromatic nitrogens is 1. The van der Waals surface area contributed by atoms with E-state index >= 15 is 0 Å². The average molecular weight is 446 g/mol. The number of carbonyl (C=O) groups is 3. The van der Waals surface area contributed by atoms with Crippen LogP contribution in [0.25, 0.3) is 11.3 Å². The summed E-state index contributed by atoms with van der Waals surface area (Å²) in [4.78, 5) is 42.7. The molecule has 0 saturated carbocycles. The third-order valence-electron chi connectivity index (χ3n) is 4.79. The fourth-order valence-electron chi connectivity index (χ4n) is 3.41. The van der Waals surface area contributed by atoms with Gasteiger partial charge in [0.1, 0.15) is 6.54 Å². The number of imide groups is 1. The topological polar surface area (TPSA) is 79.4 Å². The molecule has 1 fully saturated rings. The van der Waals surface area contributed by atoms with Gasteiger partial charge in [-0.25, -0.2) is 4.98 Å². The van der Waals surface area contributed by atoms with Gasteiger partial charge in [-0.1, -0.05) is 40.2 Å². The molecule has 1 aliphatic carbocycles. The lowest BCUT2D eigenvalue weighted by Gasteiger charge is -2.14. The van der Waals surface area contributed by atoms with Crippen molar-refractivity contribution in [3.05, 3.63) is 46.3 Å². The standard InChI is InChI=1S/C19H16BrN3O3S/c20-12-7-5-11(6-8-12)15-10-27-19(21-15)22-16(24)9-23-17(25)13-3-1-2-4-14(13)18(23)26/h1-2,5-8,10,13-14H,3-4,9H2,(H,21,22,24). The van der Waals surface area contributed by atoms with Gasteiger partial charge in [0.25, 0.3) is 0 Å². The van der Waals surface area contributed by atoms with E-state index in [0.29, 0.717) is 18.0 Å². The minimum Gasteiger partial charge on any atom is -0.300 e. The molecule has 3 amide bonds. The van der Waals surface area contributed by atoms with E-state index in [1.807, 2.05) is 41.8 Å². The van der Waals surface area contributed by atoms with E-state index in [9.17, 15) is 14.4 Å². The molecule has 2 aliphatic rings. The highest BCUT2D eigenvalue weighted by molar-refractivity contribution is 9.10. The maximum absolute atomic E-state index is 12.4. The van der Waals surface area contributed by atoms with Gasteiger partial charge in [-0.3, -0.25) is 19.3 Å². The molecular weight excluding hydrogens is 430 g/mol. The monoisotopic (exact) mass is 445 g/mol. The summed E-state index contributed by atoms with van der Waals surface area (Å²) in [5.74, 6) is -1.56. The molecule has 8 heteroatoms. The number of carbonyl (C=O) groups excluding carboxylic acids is 3. The van der Waals surface area contributed by atoms with Crippen molar-refractivity contribution in [3.8, 4) is 11.3 Å². The summed E-state index contributed by atoms with van der Waals surface area (Å²) in [6.07, 6.45) is 4.98. The van der Waals surface area contributed by atoms with E-state index in [1.165, 1.54) is 11.3 Å². The number of amides is 3. The van der Waals surface area contributed by atoms with Gasteiger partial charge in [-0.2, -0.15) is 0 Å². The Morgan fingerprint density at radius 3 is 2.41 bits per heavy atom. The quantitative estimate of drug-likeness (QED) is 0.577. The number of likely N-dealkylation sites (tertiary alicyclic amines) is 1. The molecule has 138 valence electrons. The fraction of sp³-hybridized carbons (Fsp3) is 0.263. The Hall–Kier alpha value is -2.32. The number of thiazole rings is 1. The van der Waals surface area contributed by atoms with Crippen molar-refractivity contribution in [2.45, 2.75) is 12.8 Å². The predicted molar refractivity (Wildman–Crippen MR) is 106 cm³/mol. The molecule has 2 aromatic rings. The number of hydrogen-bond donors (Lipinski definition) is 1. The summed E-state index contributed by atoms with van der Waals surface area (Å²) >= 11 is 4.69. The van der Waals surface area contributed by atoms with Gasteiger partial charge in [0, 0.05) is 15.4 Å². The van der Waals surface area contributed by atoms with Crippen LogP contribution < -0.4 is 5.32 Å². The number of fused-ring (bicyclic) bond motifs is 1. The number of allylic oxidation sites excluding steroid dienone is 2. The Balaban J connectivity index is 1.41. The lowest BCUT2D eigenvalue weighted by Crippen LogP contribution is -2.38. The Labute approximate surface area is 168 Å². The molecule has 1 aromatic heterocycles. The number of halogens is 1. The van der Waals surface area contributed by atoms with E-state index in [2.05, 4.69) is 26.2 Å². The SMILES string of the molecule is O=C(CN1C(=O)C2CC=CCC2C1=O)Nc1nc(-c2ccc(Br)cc2)cs1. The zero-order chi connectivity index (χ0) is 19.0. The Morgan fingerprint density at radius 1 is 1.15 bits per heavy atom. The number of anilines is 1. The van der Waals surface area contributed by atoms with Crippen LogP contribution in [-0.2, 0) is 14.4 Å². The molecule has 1 aromatic carbocycles. The highest BCUT2D eigenvalue weighted by Crippen LogP contribution is 2.35. The first-order chi connectivity index (χ1) is 13.0. The predicted octanol–water partition coefficient (Wildman–Crippen LogP) is 3.46. The van der Waals surface area contributed by atoms with Crippen molar-refractivity contribution in [3.63, 3.8) is 0 Å². The molecule has 2 heterocycles. The zero-order valence-corrected chi connectivity index (χ0v) is 16.6. The van der Waals surface area contributed by atoms with Crippen molar-refractivity contribution in [2.75, 3.05) is 11.9 Å². The maximum Gasteiger partial charge on any atom is 0.246 e. The summed E-state index contributed by atoms with van der Waals surface area (Å²) in [7, 11) is 0. The van der Waals surface area contributed by atoms with Gasteiger partial charge in [0.15, 0.2) is 5.13 Å². The first-order valence-corrected chi connectivity index (χ1v) is 10.2. The minimum absolute atomic E-state index is 0.251. The molecule has 27 heavy (non-hydrogen) atoms. The molecule has 2 atom stereocenters. The number of benzene rings is 1. The lowest BCUT2D eigenvalue weighted by molar-refractivity contribution is -0.142. The van der Waals surface area contributed by atoms with Crippen LogP contribution in [-0.4, -0.2) is 34.2 Å². The van der Waals surface area contributed by atoms with Crippen LogP contribution in [0, 0.1) is 11.8 Å². The second-order valence-electron chi connectivity index (χ2n) is 6.51. The largest absolute Gasteiger partial charge is 0.300 e. The van der Waals surface area contributed by atoms with Crippen LogP contribution in [0.2, 0.25) is 0 Å². The second-order valence-corrected chi connectivity index (χ2v) is 8.29. The minimum atomic E-state index is -0.417. The molecule has 2 unspecified atom stereocenters. The van der Waals surface area contributed by atoms with Crippen LogP contribution in [0.3, 0.4) is 0 Å². The summed E-state index contributed by atoms with van der Waals surface area (Å²) in [6.45, 7) is -0.266. The van der Waals surface area contributed by atoms with Gasteiger partial charge >= 0.3 is 0 Å². The first-order valence-electron chi connectivity index (χ1n) is 8.54. The Morgan fingerprint density at radius 2 is 1.78 bits per heavy atom. The van der Waals surface area contributed by atoms with Crippen molar-refractivity contribution < 1.29 is 14.4 Å². The summed E-state index contributed by atoms with van der Waals surface area (Å²) < 4.78 is 0.978. The number of rotatable bonds is 4. The zero-order valence-electron chi connectivity index (χ0n) is 14.2. The smallest absolute Gasteiger partial charge is 0.246 e. The molecular formula is C19H16BrN3O3S. The molecule has 4 rings (SSSR count). The van der Waals surface area contributed by atoms with E-state index in [4.69, 9.17) is 0 Å². The highest BCUT2D eigenvalue weighted by atomic mass is 79.9. The van der Waals surface area contributed by atoms with E-state index in [1.54, 1.807) is 0 Å². The van der Waals surface area contributed by atoms with Crippen molar-refractivity contribution in [1.29, 1.82) is 0 Å². The van der Waals surface area contributed by atoms with Crippen LogP contribution >= 0.6 is 27.3 Å². The molecule has 0 spiro atoms. The number of nitrogens with zero attached hydrogens (tertiary/aromatic N) is 2. The molecule has 0 radical (unpaired) electrons. The highest BCUT2D eigenvalue weighted by Gasteiger charge is 2.47. The van der Waals surface area contributed by atoms with Crippen LogP contribution in [0.1, 0.15) is 12.8 Å². The molecule has 1 saturated heterocycles. The van der Waals surface area contributed by atoms with Crippen LogP contribution in [0.4, 0.5) is 5.13 Å². The van der Waals surface area contributed by atoms with E-state index < -0.39 is 5.91 Å². The third-order valence-corrected chi connectivity index (χ3v) is 6.08. The summed E-state index contributed by atoms with van der Waals surface area (Å²) in [5, 5.41) is 4.98. The van der Waals surface area contributed by atoms with E-state index in [-0.39, 0.29) is 30.2 Å². The van der Waals surface area contributed by atoms with Gasteiger partial charge in [0.05, 0.1) is 17.5 Å². The van der Waals surface area contributed by atoms with Crippen molar-refractivity contribution in [2.24, 2.45) is 11.8 Å². The van der Waals surface area contributed by atoms with Crippen LogP contribution in [0.15, 0.2) is 46.3 Å². The molecule has 1 N–H and O–H groups in total. The average Bonchev–Trinajstić information content (AvgIpc) is 3.22. The normalized spacial score (nSPS) is 21.4. The lowest BCUT2D eigenvalue weighted by atomic mass is 9.85. The fourth-order valence-corrected chi connectivity index (χ4v) is 4.41. The van der Waals surface area contributed by atoms with Crippen LogP contribution in [0.5, 0.6) is 0 Å². The molecule has 1 aliphatic heterocycles. The number of nitrogens with one attached hydrogen (secondary N) is 1. The second kappa shape index (κ2) is 7.36. The van der Waals surface area contributed by atoms with Gasteiger partial charge in [-0.05, 0) is 25.0 Å². The summed E-state index contributed by atoms with van der Waals surface area (Å²) in [6, 6.07) is 7.71. The Bertz CT molecular complexity index is 912. The van der Waals surface area contributed by atoms with Gasteiger partial charge in [-0.15, -0.1) is 11.3 Å². The van der Waals surface area contributed by atoms with Crippen molar-refractivity contribution in [1.82, 2.24) is 9.88 Å². The Kier molecular flexibility index (Phi) is 4.92.